The van der Waals surface area contributed by atoms with Crippen LogP contribution in [0.3, 0.4) is 0 Å². The number of rotatable bonds is 6. The highest BCUT2D eigenvalue weighted by atomic mass is 32.2. The molecule has 1 aliphatic heterocycles. The second-order valence-electron chi connectivity index (χ2n) is 6.82. The Morgan fingerprint density at radius 2 is 1.78 bits per heavy atom. The molecule has 0 bridgehead atoms. The zero-order valence-electron chi connectivity index (χ0n) is 15.3. The fraction of sp³-hybridized carbons (Fsp3) is 0.350. The molecule has 0 saturated carbocycles. The molecular formula is C20H24N2O4S. The van der Waals surface area contributed by atoms with Crippen molar-refractivity contribution >= 4 is 15.9 Å². The van der Waals surface area contributed by atoms with Crippen molar-refractivity contribution in [2.24, 2.45) is 5.92 Å². The number of carbonyl (C=O) groups excluding carboxylic acids is 1. The van der Waals surface area contributed by atoms with Crippen LogP contribution in [0.5, 0.6) is 11.5 Å². The maximum atomic E-state index is 12.8. The topological polar surface area (TPSA) is 75.7 Å². The molecule has 6 nitrogen and oxygen atoms in total. The highest BCUT2D eigenvalue weighted by Gasteiger charge is 2.25. The van der Waals surface area contributed by atoms with Crippen LogP contribution in [-0.4, -0.2) is 45.1 Å². The van der Waals surface area contributed by atoms with E-state index in [1.54, 1.807) is 29.2 Å². The van der Waals surface area contributed by atoms with Crippen LogP contribution in [0.15, 0.2) is 54.6 Å². The smallest absolute Gasteiger partial charge is 0.253 e. The Labute approximate surface area is 160 Å². The standard InChI is InChI=1S/C20H24N2O4S/c1-27(24,25)21-14-16-6-5-13-22(15-16)20(23)17-9-11-19(12-10-17)26-18-7-3-2-4-8-18/h2-4,7-12,16,21H,5-6,13-15H2,1H3/t16-/m0/s1. The zero-order valence-corrected chi connectivity index (χ0v) is 16.1. The first-order valence-corrected chi connectivity index (χ1v) is 10.9. The molecule has 1 atom stereocenters. The van der Waals surface area contributed by atoms with Gasteiger partial charge in [-0.15, -0.1) is 0 Å². The first kappa shape index (κ1) is 19.4. The van der Waals surface area contributed by atoms with Crippen molar-refractivity contribution in [1.82, 2.24) is 9.62 Å². The fourth-order valence-corrected chi connectivity index (χ4v) is 3.70. The molecule has 7 heteroatoms. The van der Waals surface area contributed by atoms with E-state index in [-0.39, 0.29) is 11.8 Å². The lowest BCUT2D eigenvalue weighted by molar-refractivity contribution is 0.0676. The number of para-hydroxylation sites is 1. The van der Waals surface area contributed by atoms with E-state index in [9.17, 15) is 13.2 Å². The number of likely N-dealkylation sites (tertiary alicyclic amines) is 1. The number of ether oxygens (including phenoxy) is 1. The van der Waals surface area contributed by atoms with Gasteiger partial charge in [0.05, 0.1) is 6.26 Å². The molecule has 0 spiro atoms. The summed E-state index contributed by atoms with van der Waals surface area (Å²) in [6.45, 7) is 1.62. The van der Waals surface area contributed by atoms with Crippen molar-refractivity contribution in [3.8, 4) is 11.5 Å². The van der Waals surface area contributed by atoms with E-state index >= 15 is 0 Å². The Morgan fingerprint density at radius 1 is 1.11 bits per heavy atom. The number of carbonyl (C=O) groups is 1. The van der Waals surface area contributed by atoms with Crippen molar-refractivity contribution < 1.29 is 17.9 Å². The monoisotopic (exact) mass is 388 g/mol. The maximum Gasteiger partial charge on any atom is 0.253 e. The molecule has 3 rings (SSSR count). The Kier molecular flexibility index (Phi) is 6.13. The van der Waals surface area contributed by atoms with Gasteiger partial charge in [-0.3, -0.25) is 4.79 Å². The third-order valence-electron chi connectivity index (χ3n) is 4.52. The summed E-state index contributed by atoms with van der Waals surface area (Å²) in [6, 6.07) is 16.6. The Bertz CT molecular complexity index is 867. The second kappa shape index (κ2) is 8.54. The molecule has 2 aromatic carbocycles. The van der Waals surface area contributed by atoms with Gasteiger partial charge >= 0.3 is 0 Å². The number of amides is 1. The first-order chi connectivity index (χ1) is 12.9. The maximum absolute atomic E-state index is 12.8. The average molecular weight is 388 g/mol. The lowest BCUT2D eigenvalue weighted by Gasteiger charge is -2.32. The Balaban J connectivity index is 1.59. The molecule has 0 aliphatic carbocycles. The van der Waals surface area contributed by atoms with Crippen LogP contribution in [0.2, 0.25) is 0 Å². The summed E-state index contributed by atoms with van der Waals surface area (Å²) in [6.07, 6.45) is 2.94. The molecule has 1 aliphatic rings. The molecule has 2 aromatic rings. The zero-order chi connectivity index (χ0) is 19.3. The second-order valence-corrected chi connectivity index (χ2v) is 8.65. The van der Waals surface area contributed by atoms with Gasteiger partial charge < -0.3 is 9.64 Å². The number of hydrogen-bond acceptors (Lipinski definition) is 4. The van der Waals surface area contributed by atoms with Gasteiger partial charge in [0.1, 0.15) is 11.5 Å². The molecule has 144 valence electrons. The fourth-order valence-electron chi connectivity index (χ4n) is 3.16. The van der Waals surface area contributed by atoms with E-state index < -0.39 is 10.0 Å². The third-order valence-corrected chi connectivity index (χ3v) is 5.21. The number of hydrogen-bond donors (Lipinski definition) is 1. The van der Waals surface area contributed by atoms with Crippen LogP contribution >= 0.6 is 0 Å². The summed E-state index contributed by atoms with van der Waals surface area (Å²) < 4.78 is 30.8. The Hall–Kier alpha value is -2.38. The summed E-state index contributed by atoms with van der Waals surface area (Å²) >= 11 is 0. The van der Waals surface area contributed by atoms with Gasteiger partial charge in [0.15, 0.2) is 0 Å². The molecule has 27 heavy (non-hydrogen) atoms. The summed E-state index contributed by atoms with van der Waals surface area (Å²) in [7, 11) is -3.21. The summed E-state index contributed by atoms with van der Waals surface area (Å²) in [5.41, 5.74) is 0.604. The molecule has 0 aromatic heterocycles. The minimum Gasteiger partial charge on any atom is -0.457 e. The van der Waals surface area contributed by atoms with Crippen molar-refractivity contribution in [3.05, 3.63) is 60.2 Å². The van der Waals surface area contributed by atoms with Crippen molar-refractivity contribution in [2.45, 2.75) is 12.8 Å². The van der Waals surface area contributed by atoms with Crippen molar-refractivity contribution in [1.29, 1.82) is 0 Å². The molecule has 1 amide bonds. The van der Waals surface area contributed by atoms with Gasteiger partial charge in [-0.2, -0.15) is 0 Å². The van der Waals surface area contributed by atoms with Gasteiger partial charge in [0.2, 0.25) is 10.0 Å². The van der Waals surface area contributed by atoms with E-state index in [0.717, 1.165) is 24.8 Å². The summed E-state index contributed by atoms with van der Waals surface area (Å²) in [4.78, 5) is 14.6. The molecular weight excluding hydrogens is 364 g/mol. The number of benzene rings is 2. The Morgan fingerprint density at radius 3 is 2.44 bits per heavy atom. The van der Waals surface area contributed by atoms with E-state index in [2.05, 4.69) is 4.72 Å². The van der Waals surface area contributed by atoms with E-state index in [1.165, 1.54) is 0 Å². The van der Waals surface area contributed by atoms with Crippen LogP contribution in [0.1, 0.15) is 23.2 Å². The molecule has 1 saturated heterocycles. The van der Waals surface area contributed by atoms with Gasteiger partial charge in [0, 0.05) is 25.2 Å². The van der Waals surface area contributed by atoms with E-state index in [4.69, 9.17) is 4.74 Å². The number of sulfonamides is 1. The molecule has 1 heterocycles. The van der Waals surface area contributed by atoms with Crippen molar-refractivity contribution in [3.63, 3.8) is 0 Å². The SMILES string of the molecule is CS(=O)(=O)NC[C@@H]1CCCN(C(=O)c2ccc(Oc3ccccc3)cc2)C1. The highest BCUT2D eigenvalue weighted by molar-refractivity contribution is 7.88. The number of nitrogens with zero attached hydrogens (tertiary/aromatic N) is 1. The van der Waals surface area contributed by atoms with Crippen LogP contribution in [0.4, 0.5) is 0 Å². The normalized spacial score (nSPS) is 17.5. The number of nitrogens with one attached hydrogen (secondary N) is 1. The average Bonchev–Trinajstić information content (AvgIpc) is 2.67. The van der Waals surface area contributed by atoms with E-state index in [1.807, 2.05) is 30.3 Å². The minimum absolute atomic E-state index is 0.0367. The van der Waals surface area contributed by atoms with Crippen LogP contribution in [0.25, 0.3) is 0 Å². The number of piperidine rings is 1. The highest BCUT2D eigenvalue weighted by Crippen LogP contribution is 2.23. The summed E-state index contributed by atoms with van der Waals surface area (Å²) in [5.74, 6) is 1.52. The van der Waals surface area contributed by atoms with E-state index in [0.29, 0.717) is 30.9 Å². The first-order valence-electron chi connectivity index (χ1n) is 8.97. The largest absolute Gasteiger partial charge is 0.457 e. The molecule has 1 N–H and O–H groups in total. The lowest BCUT2D eigenvalue weighted by Crippen LogP contribution is -2.43. The van der Waals surface area contributed by atoms with Gasteiger partial charge in [0.25, 0.3) is 5.91 Å². The van der Waals surface area contributed by atoms with Gasteiger partial charge in [-0.1, -0.05) is 18.2 Å². The lowest BCUT2D eigenvalue weighted by atomic mass is 9.97. The molecule has 0 unspecified atom stereocenters. The summed E-state index contributed by atoms with van der Waals surface area (Å²) in [5, 5.41) is 0. The quantitative estimate of drug-likeness (QED) is 0.826. The molecule has 1 fully saturated rings. The van der Waals surface area contributed by atoms with Gasteiger partial charge in [-0.05, 0) is 55.2 Å². The predicted octanol–water partition coefficient (Wildman–Crippen LogP) is 2.88. The van der Waals surface area contributed by atoms with Gasteiger partial charge in [-0.25, -0.2) is 13.1 Å². The predicted molar refractivity (Wildman–Crippen MR) is 104 cm³/mol. The van der Waals surface area contributed by atoms with Crippen molar-refractivity contribution in [2.75, 3.05) is 25.9 Å². The van der Waals surface area contributed by atoms with Crippen LogP contribution < -0.4 is 9.46 Å². The van der Waals surface area contributed by atoms with Crippen LogP contribution in [-0.2, 0) is 10.0 Å². The minimum atomic E-state index is -3.21. The molecule has 0 radical (unpaired) electrons. The van der Waals surface area contributed by atoms with Crippen LogP contribution in [0, 0.1) is 5.92 Å². The third kappa shape index (κ3) is 5.80.